The van der Waals surface area contributed by atoms with Crippen LogP contribution in [0.15, 0.2) is 91.0 Å². The van der Waals surface area contributed by atoms with E-state index in [4.69, 9.17) is 0 Å². The molecule has 0 saturated carbocycles. The Kier molecular flexibility index (Phi) is 5.15. The minimum absolute atomic E-state index is 0. The van der Waals surface area contributed by atoms with Crippen molar-refractivity contribution in [3.8, 4) is 0 Å². The summed E-state index contributed by atoms with van der Waals surface area (Å²) in [6.07, 6.45) is 0. The highest BCUT2D eigenvalue weighted by Gasteiger charge is 2.14. The van der Waals surface area contributed by atoms with E-state index in [0.717, 1.165) is 0 Å². The van der Waals surface area contributed by atoms with Crippen LogP contribution in [0.1, 0.15) is 0 Å². The first-order valence-electron chi connectivity index (χ1n) is 6.40. The van der Waals surface area contributed by atoms with Gasteiger partial charge >= 0.3 is 0 Å². The molecule has 95 valence electrons. The molecule has 0 amide bonds. The van der Waals surface area contributed by atoms with Crippen LogP contribution >= 0.6 is 7.92 Å². The van der Waals surface area contributed by atoms with E-state index in [1.165, 1.54) is 15.9 Å². The van der Waals surface area contributed by atoms with Crippen molar-refractivity contribution in [1.29, 1.82) is 0 Å². The Labute approximate surface area is 123 Å². The summed E-state index contributed by atoms with van der Waals surface area (Å²) in [6.45, 7) is 0. The normalized spacial score (nSPS) is 10.1. The zero-order chi connectivity index (χ0) is 12.9. The summed E-state index contributed by atoms with van der Waals surface area (Å²) in [6, 6.07) is 32.3. The summed E-state index contributed by atoms with van der Waals surface area (Å²) < 4.78 is 0. The maximum absolute atomic E-state index is 2.23. The third-order valence-electron chi connectivity index (χ3n) is 3.04. The molecule has 0 aromatic heterocycles. The molecule has 3 aromatic carbocycles. The summed E-state index contributed by atoms with van der Waals surface area (Å²) in [4.78, 5) is 0. The van der Waals surface area contributed by atoms with Crippen LogP contribution < -0.4 is 15.9 Å². The predicted molar refractivity (Wildman–Crippen MR) is 90.9 cm³/mol. The van der Waals surface area contributed by atoms with Crippen molar-refractivity contribution in [3.63, 3.8) is 0 Å². The lowest BCUT2D eigenvalue weighted by Crippen LogP contribution is -2.20. The van der Waals surface area contributed by atoms with Crippen molar-refractivity contribution in [1.82, 2.24) is 0 Å². The molecule has 0 aliphatic rings. The van der Waals surface area contributed by atoms with Gasteiger partial charge in [-0.2, -0.15) is 0 Å². The lowest BCUT2D eigenvalue weighted by Gasteiger charge is -2.18. The SMILES string of the molecule is [B].c1ccc(P(c2ccccc2)c2ccccc2)cc1. The first kappa shape index (κ1) is 14.6. The topological polar surface area (TPSA) is 0 Å². The summed E-state index contributed by atoms with van der Waals surface area (Å²) in [5, 5.41) is 4.19. The van der Waals surface area contributed by atoms with Gasteiger partial charge in [-0.05, 0) is 23.8 Å². The van der Waals surface area contributed by atoms with E-state index in [2.05, 4.69) is 91.0 Å². The molecular formula is C18H15BP. The highest BCUT2D eigenvalue weighted by molar-refractivity contribution is 7.79. The molecule has 0 bridgehead atoms. The van der Waals surface area contributed by atoms with Crippen LogP contribution in [-0.2, 0) is 0 Å². The standard InChI is InChI=1S/C18H15P.B/c1-4-10-16(11-5-1)19(17-12-6-2-7-13-17)18-14-8-3-9-15-18;/h1-15H;. The zero-order valence-electron chi connectivity index (χ0n) is 11.2. The van der Waals surface area contributed by atoms with Gasteiger partial charge in [0.2, 0.25) is 0 Å². The molecule has 0 atom stereocenters. The van der Waals surface area contributed by atoms with Crippen molar-refractivity contribution in [3.05, 3.63) is 91.0 Å². The van der Waals surface area contributed by atoms with Crippen molar-refractivity contribution in [2.24, 2.45) is 0 Å². The Balaban J connectivity index is 0.00000147. The molecule has 0 N–H and O–H groups in total. The van der Waals surface area contributed by atoms with Gasteiger partial charge < -0.3 is 0 Å². The Hall–Kier alpha value is -1.85. The van der Waals surface area contributed by atoms with Gasteiger partial charge in [-0.3, -0.25) is 0 Å². The van der Waals surface area contributed by atoms with Gasteiger partial charge in [-0.1, -0.05) is 91.0 Å². The molecule has 0 aliphatic carbocycles. The Bertz CT molecular complexity index is 529. The molecule has 3 rings (SSSR count). The summed E-state index contributed by atoms with van der Waals surface area (Å²) in [5.74, 6) is 0. The van der Waals surface area contributed by atoms with Gasteiger partial charge in [0.1, 0.15) is 0 Å². The third-order valence-corrected chi connectivity index (χ3v) is 5.49. The molecule has 2 heteroatoms. The van der Waals surface area contributed by atoms with E-state index in [9.17, 15) is 0 Å². The molecule has 0 spiro atoms. The molecule has 20 heavy (non-hydrogen) atoms. The maximum atomic E-state index is 2.23. The van der Waals surface area contributed by atoms with E-state index < -0.39 is 7.92 Å². The quantitative estimate of drug-likeness (QED) is 0.508. The van der Waals surface area contributed by atoms with Crippen LogP contribution in [0.25, 0.3) is 0 Å². The summed E-state index contributed by atoms with van der Waals surface area (Å²) in [7, 11) is -0.446. The lowest BCUT2D eigenvalue weighted by atomic mass is 10.4. The number of benzene rings is 3. The third kappa shape index (κ3) is 3.18. The second-order valence-electron chi connectivity index (χ2n) is 4.34. The fourth-order valence-corrected chi connectivity index (χ4v) is 4.48. The van der Waals surface area contributed by atoms with Gasteiger partial charge in [0.15, 0.2) is 0 Å². The van der Waals surface area contributed by atoms with Crippen molar-refractivity contribution >= 4 is 32.2 Å². The number of hydrogen-bond donors (Lipinski definition) is 0. The smallest absolute Gasteiger partial charge is 0 e. The Morgan fingerprint density at radius 1 is 0.400 bits per heavy atom. The fourth-order valence-electron chi connectivity index (χ4n) is 2.18. The molecule has 0 saturated heterocycles. The second-order valence-corrected chi connectivity index (χ2v) is 6.56. The molecule has 0 aliphatic heterocycles. The minimum atomic E-state index is -0.446. The molecule has 0 unspecified atom stereocenters. The summed E-state index contributed by atoms with van der Waals surface area (Å²) >= 11 is 0. The van der Waals surface area contributed by atoms with Gasteiger partial charge in [-0.25, -0.2) is 0 Å². The highest BCUT2D eigenvalue weighted by atomic mass is 31.1. The monoisotopic (exact) mass is 273 g/mol. The zero-order valence-corrected chi connectivity index (χ0v) is 12.1. The molecular weight excluding hydrogens is 258 g/mol. The van der Waals surface area contributed by atoms with Crippen LogP contribution in [-0.4, -0.2) is 8.41 Å². The van der Waals surface area contributed by atoms with E-state index in [0.29, 0.717) is 0 Å². The van der Waals surface area contributed by atoms with Crippen LogP contribution in [0.5, 0.6) is 0 Å². The fraction of sp³-hybridized carbons (Fsp3) is 0. The van der Waals surface area contributed by atoms with Gasteiger partial charge in [-0.15, -0.1) is 0 Å². The second kappa shape index (κ2) is 7.08. The highest BCUT2D eigenvalue weighted by Crippen LogP contribution is 2.32. The average molecular weight is 273 g/mol. The van der Waals surface area contributed by atoms with Gasteiger partial charge in [0.25, 0.3) is 0 Å². The van der Waals surface area contributed by atoms with Crippen molar-refractivity contribution in [2.45, 2.75) is 0 Å². The summed E-state index contributed by atoms with van der Waals surface area (Å²) in [5.41, 5.74) is 0. The van der Waals surface area contributed by atoms with Crippen LogP contribution in [0.3, 0.4) is 0 Å². The van der Waals surface area contributed by atoms with E-state index in [1.54, 1.807) is 0 Å². The Morgan fingerprint density at radius 2 is 0.650 bits per heavy atom. The average Bonchev–Trinajstić information content (AvgIpc) is 2.51. The lowest BCUT2D eigenvalue weighted by molar-refractivity contribution is 1.74. The first-order valence-corrected chi connectivity index (χ1v) is 7.74. The van der Waals surface area contributed by atoms with E-state index >= 15 is 0 Å². The van der Waals surface area contributed by atoms with Crippen molar-refractivity contribution in [2.75, 3.05) is 0 Å². The van der Waals surface area contributed by atoms with Gasteiger partial charge in [0, 0.05) is 8.41 Å². The van der Waals surface area contributed by atoms with Crippen LogP contribution in [0.2, 0.25) is 0 Å². The largest absolute Gasteiger partial charge is 0.0622 e. The molecule has 3 aromatic rings. The maximum Gasteiger partial charge on any atom is 0 e. The molecule has 0 nitrogen and oxygen atoms in total. The van der Waals surface area contributed by atoms with Crippen LogP contribution in [0.4, 0.5) is 0 Å². The minimum Gasteiger partial charge on any atom is -0.0622 e. The van der Waals surface area contributed by atoms with E-state index in [-0.39, 0.29) is 8.41 Å². The number of rotatable bonds is 3. The first-order chi connectivity index (χ1) is 9.45. The number of hydrogen-bond acceptors (Lipinski definition) is 0. The van der Waals surface area contributed by atoms with Crippen LogP contribution in [0, 0.1) is 0 Å². The predicted octanol–water partition coefficient (Wildman–Crippen LogP) is 3.06. The van der Waals surface area contributed by atoms with Gasteiger partial charge in [0.05, 0.1) is 0 Å². The molecule has 0 heterocycles. The van der Waals surface area contributed by atoms with E-state index in [1.807, 2.05) is 0 Å². The molecule has 3 radical (unpaired) electrons. The van der Waals surface area contributed by atoms with Crippen molar-refractivity contribution < 1.29 is 0 Å². The Morgan fingerprint density at radius 3 is 0.900 bits per heavy atom. The molecule has 0 fully saturated rings.